The minimum absolute atomic E-state index is 0.0170. The van der Waals surface area contributed by atoms with Gasteiger partial charge in [0.05, 0.1) is 19.8 Å². The van der Waals surface area contributed by atoms with Gasteiger partial charge in [-0.15, -0.1) is 0 Å². The molecule has 0 aromatic rings. The third-order valence-corrected chi connectivity index (χ3v) is 7.59. The summed E-state index contributed by atoms with van der Waals surface area (Å²) in [6.07, 6.45) is 16.2. The molecule has 6 atom stereocenters. The fourth-order valence-corrected chi connectivity index (χ4v) is 5.27. The molecule has 1 fully saturated rings. The van der Waals surface area contributed by atoms with Gasteiger partial charge >= 0.3 is 16.4 Å². The van der Waals surface area contributed by atoms with Crippen LogP contribution < -0.4 is 0 Å². The quantitative estimate of drug-likeness (QED) is 0.0454. The Kier molecular flexibility index (Phi) is 22.9. The predicted octanol–water partition coefficient (Wildman–Crippen LogP) is 4.17. The molecule has 1 heterocycles. The lowest BCUT2D eigenvalue weighted by Gasteiger charge is -2.41. The molecule has 1 aliphatic heterocycles. The maximum Gasteiger partial charge on any atom is 0.397 e. The zero-order chi connectivity index (χ0) is 32.6. The van der Waals surface area contributed by atoms with Crippen molar-refractivity contribution in [3.8, 4) is 0 Å². The highest BCUT2D eigenvalue weighted by atomic mass is 32.3. The van der Waals surface area contributed by atoms with Crippen molar-refractivity contribution in [3.63, 3.8) is 0 Å². The van der Waals surface area contributed by atoms with Crippen molar-refractivity contribution in [2.45, 2.75) is 141 Å². The first kappa shape index (κ1) is 40.6. The molecule has 13 heteroatoms. The molecule has 0 amide bonds. The topological polar surface area (TPSA) is 178 Å². The van der Waals surface area contributed by atoms with E-state index in [0.29, 0.717) is 6.61 Å². The Morgan fingerprint density at radius 1 is 0.864 bits per heavy atom. The lowest BCUT2D eigenvalue weighted by molar-refractivity contribution is -0.301. The van der Waals surface area contributed by atoms with Crippen molar-refractivity contribution in [2.75, 3.05) is 26.4 Å². The molecule has 0 saturated carbocycles. The zero-order valence-electron chi connectivity index (χ0n) is 26.5. The van der Waals surface area contributed by atoms with Gasteiger partial charge in [0, 0.05) is 13.5 Å². The first-order valence-corrected chi connectivity index (χ1v) is 17.4. The van der Waals surface area contributed by atoms with Crippen LogP contribution in [0.3, 0.4) is 0 Å². The Balaban J connectivity index is 2.19. The van der Waals surface area contributed by atoms with E-state index in [2.05, 4.69) is 35.4 Å². The molecule has 0 spiro atoms. The Morgan fingerprint density at radius 2 is 1.45 bits per heavy atom. The highest BCUT2D eigenvalue weighted by molar-refractivity contribution is 7.80. The summed E-state index contributed by atoms with van der Waals surface area (Å²) in [5, 5.41) is 29.9. The third-order valence-electron chi connectivity index (χ3n) is 7.13. The minimum Gasteiger partial charge on any atom is -0.458 e. The second-order valence-electron chi connectivity index (χ2n) is 11.1. The summed E-state index contributed by atoms with van der Waals surface area (Å²) in [5.41, 5.74) is 0. The van der Waals surface area contributed by atoms with E-state index in [4.69, 9.17) is 23.5 Å². The molecule has 12 nitrogen and oxygen atoms in total. The summed E-state index contributed by atoms with van der Waals surface area (Å²) in [7, 11) is -5.03. The molecule has 0 aromatic carbocycles. The monoisotopic (exact) mass is 652 g/mol. The molecule has 1 saturated heterocycles. The number of rotatable bonds is 26. The summed E-state index contributed by atoms with van der Waals surface area (Å²) < 4.78 is 57.2. The predicted molar refractivity (Wildman–Crippen MR) is 165 cm³/mol. The first-order valence-electron chi connectivity index (χ1n) is 16.0. The Labute approximate surface area is 263 Å². The number of aliphatic hydroxyl groups is 3. The van der Waals surface area contributed by atoms with Gasteiger partial charge in [-0.25, -0.2) is 4.18 Å². The number of hydrogen-bond acceptors (Lipinski definition) is 11. The molecule has 1 aliphatic rings. The summed E-state index contributed by atoms with van der Waals surface area (Å²) in [5.74, 6) is -0.579. The van der Waals surface area contributed by atoms with E-state index in [1.807, 2.05) is 0 Å². The van der Waals surface area contributed by atoms with Crippen LogP contribution in [0.2, 0.25) is 0 Å². The number of ether oxygens (including phenoxy) is 4. The van der Waals surface area contributed by atoms with E-state index in [9.17, 15) is 28.5 Å². The second-order valence-corrected chi connectivity index (χ2v) is 12.2. The molecule has 44 heavy (non-hydrogen) atoms. The summed E-state index contributed by atoms with van der Waals surface area (Å²) in [6, 6.07) is 0. The lowest BCUT2D eigenvalue weighted by Crippen LogP contribution is -2.60. The van der Waals surface area contributed by atoms with Crippen LogP contribution in [0.1, 0.15) is 104 Å². The third kappa shape index (κ3) is 19.9. The van der Waals surface area contributed by atoms with Crippen molar-refractivity contribution >= 4 is 16.4 Å². The number of unbranched alkanes of at least 4 members (excludes halogenated alkanes) is 11. The van der Waals surface area contributed by atoms with Crippen LogP contribution in [0.5, 0.6) is 0 Å². The summed E-state index contributed by atoms with van der Waals surface area (Å²) in [4.78, 5) is 11.5. The average Bonchev–Trinajstić information content (AvgIpc) is 2.97. The number of carbonyl (C=O) groups excluding carboxylic acids is 1. The van der Waals surface area contributed by atoms with Gasteiger partial charge in [0.1, 0.15) is 30.5 Å². The number of aliphatic hydroxyl groups excluding tert-OH is 3. The Hall–Kier alpha value is -1.42. The van der Waals surface area contributed by atoms with Crippen LogP contribution in [-0.4, -0.2) is 97.5 Å². The molecular weight excluding hydrogens is 596 g/mol. The van der Waals surface area contributed by atoms with E-state index in [0.717, 1.165) is 32.1 Å². The van der Waals surface area contributed by atoms with Crippen molar-refractivity contribution in [2.24, 2.45) is 0 Å². The lowest BCUT2D eigenvalue weighted by atomic mass is 9.99. The fraction of sp³-hybridized carbons (Fsp3) is 0.839. The Bertz CT molecular complexity index is 894. The van der Waals surface area contributed by atoms with Gasteiger partial charge in [-0.1, -0.05) is 82.6 Å². The largest absolute Gasteiger partial charge is 0.458 e. The van der Waals surface area contributed by atoms with Crippen LogP contribution in [0.15, 0.2) is 24.3 Å². The highest BCUT2D eigenvalue weighted by Gasteiger charge is 2.47. The molecular formula is C31H56O12S. The number of allylic oxidation sites excluding steroid dienone is 4. The number of esters is 1. The SMILES string of the molecule is CCCCC/C=C\C/C=C\CCCCCCCCCCOCC(COC1OC(CO)C(O)C(OS(=O)(=O)O)C1O)OC(C)=O. The zero-order valence-corrected chi connectivity index (χ0v) is 27.3. The van der Waals surface area contributed by atoms with Gasteiger partial charge in [0.15, 0.2) is 6.29 Å². The fourth-order valence-electron chi connectivity index (χ4n) is 4.76. The molecule has 0 aromatic heterocycles. The molecule has 0 aliphatic carbocycles. The molecule has 258 valence electrons. The molecule has 4 N–H and O–H groups in total. The summed E-state index contributed by atoms with van der Waals surface area (Å²) in [6.45, 7) is 2.89. The maximum atomic E-state index is 11.5. The molecule has 1 rings (SSSR count). The molecule has 6 unspecified atom stereocenters. The smallest absolute Gasteiger partial charge is 0.397 e. The first-order chi connectivity index (χ1) is 21.1. The van der Waals surface area contributed by atoms with Gasteiger partial charge in [-0.2, -0.15) is 8.42 Å². The van der Waals surface area contributed by atoms with Crippen LogP contribution in [-0.2, 0) is 38.3 Å². The normalized spacial score (nSPS) is 23.5. The van der Waals surface area contributed by atoms with Crippen LogP contribution >= 0.6 is 0 Å². The van der Waals surface area contributed by atoms with E-state index in [-0.39, 0.29) is 13.2 Å². The number of hydrogen-bond donors (Lipinski definition) is 4. The van der Waals surface area contributed by atoms with Gasteiger partial charge in [-0.3, -0.25) is 9.35 Å². The highest BCUT2D eigenvalue weighted by Crippen LogP contribution is 2.25. The standard InChI is InChI=1S/C31H56O12S/c1-3-4-5-6-7-8-9-10-11-12-13-14-15-16-17-18-19-20-21-39-23-26(41-25(2)33)24-40-31-29(35)30(43-44(36,37)38)28(34)27(22-32)42-31/h7-8,10-11,26-32,34-35H,3-6,9,12-24H2,1-2H3,(H,36,37,38)/b8-7-,11-10-. The van der Waals surface area contributed by atoms with Gasteiger partial charge in [0.25, 0.3) is 0 Å². The average molecular weight is 653 g/mol. The van der Waals surface area contributed by atoms with Gasteiger partial charge in [0.2, 0.25) is 0 Å². The van der Waals surface area contributed by atoms with Crippen molar-refractivity contribution in [3.05, 3.63) is 24.3 Å². The maximum absolute atomic E-state index is 11.5. The van der Waals surface area contributed by atoms with E-state index < -0.39 is 59.8 Å². The molecule has 0 radical (unpaired) electrons. The van der Waals surface area contributed by atoms with Gasteiger partial charge in [-0.05, 0) is 38.5 Å². The van der Waals surface area contributed by atoms with Crippen molar-refractivity contribution in [1.29, 1.82) is 0 Å². The van der Waals surface area contributed by atoms with Crippen LogP contribution in [0.25, 0.3) is 0 Å². The van der Waals surface area contributed by atoms with E-state index in [1.165, 1.54) is 64.7 Å². The Morgan fingerprint density at radius 3 is 2.02 bits per heavy atom. The van der Waals surface area contributed by atoms with Crippen LogP contribution in [0, 0.1) is 0 Å². The van der Waals surface area contributed by atoms with Gasteiger partial charge < -0.3 is 34.3 Å². The number of carbonyl (C=O) groups is 1. The summed E-state index contributed by atoms with van der Waals surface area (Å²) >= 11 is 0. The van der Waals surface area contributed by atoms with E-state index >= 15 is 0 Å². The van der Waals surface area contributed by atoms with Crippen molar-refractivity contribution in [1.82, 2.24) is 0 Å². The van der Waals surface area contributed by atoms with Crippen LogP contribution in [0.4, 0.5) is 0 Å². The van der Waals surface area contributed by atoms with Crippen molar-refractivity contribution < 1.29 is 56.2 Å². The second kappa shape index (κ2) is 24.8. The molecule has 0 bridgehead atoms. The van der Waals surface area contributed by atoms with E-state index in [1.54, 1.807) is 0 Å². The minimum atomic E-state index is -5.03.